The molecule has 0 radical (unpaired) electrons. The minimum Gasteiger partial charge on any atom is -0.493 e. The summed E-state index contributed by atoms with van der Waals surface area (Å²) in [6.45, 7) is 0. The zero-order valence-corrected chi connectivity index (χ0v) is 18.4. The van der Waals surface area contributed by atoms with Crippen molar-refractivity contribution in [2.24, 2.45) is 0 Å². The molecule has 0 aliphatic heterocycles. The Balaban J connectivity index is 1.59. The van der Waals surface area contributed by atoms with Crippen molar-refractivity contribution in [1.82, 2.24) is 14.6 Å². The van der Waals surface area contributed by atoms with E-state index in [0.29, 0.717) is 32.4 Å². The molecule has 4 rings (SSSR count). The second-order valence-corrected chi connectivity index (χ2v) is 7.65. The zero-order valence-electron chi connectivity index (χ0n) is 17.6. The van der Waals surface area contributed by atoms with E-state index in [0.717, 1.165) is 11.1 Å². The van der Waals surface area contributed by atoms with Crippen molar-refractivity contribution in [3.05, 3.63) is 79.9 Å². The molecule has 0 aliphatic rings. The summed E-state index contributed by atoms with van der Waals surface area (Å²) in [5, 5.41) is 4.29. The van der Waals surface area contributed by atoms with Crippen LogP contribution in [-0.4, -0.2) is 41.9 Å². The number of methoxy groups -OCH3 is 3. The molecule has 0 aliphatic carbocycles. The summed E-state index contributed by atoms with van der Waals surface area (Å²) in [6, 6.07) is 12.3. The predicted molar refractivity (Wildman–Crippen MR) is 122 cm³/mol. The quantitative estimate of drug-likeness (QED) is 0.418. The minimum atomic E-state index is -0.409. The van der Waals surface area contributed by atoms with Crippen LogP contribution in [0.4, 0.5) is 0 Å². The number of nitrogens with zero attached hydrogens (tertiary/aromatic N) is 3. The van der Waals surface area contributed by atoms with Gasteiger partial charge in [-0.15, -0.1) is 5.10 Å². The maximum atomic E-state index is 12.7. The average Bonchev–Trinajstić information content (AvgIpc) is 3.35. The van der Waals surface area contributed by atoms with Gasteiger partial charge in [-0.3, -0.25) is 4.79 Å². The van der Waals surface area contributed by atoms with E-state index in [1.54, 1.807) is 50.6 Å². The topological polar surface area (TPSA) is 92.0 Å². The van der Waals surface area contributed by atoms with Crippen molar-refractivity contribution in [3.8, 4) is 11.5 Å². The van der Waals surface area contributed by atoms with Gasteiger partial charge in [0.15, 0.2) is 17.3 Å². The Labute approximate surface area is 187 Å². The lowest BCUT2D eigenvalue weighted by Gasteiger charge is -2.07. The van der Waals surface area contributed by atoms with Gasteiger partial charge in [-0.2, -0.15) is 9.50 Å². The number of ether oxygens (including phenoxy) is 3. The molecular formula is C23H19N3O5S. The Kier molecular flexibility index (Phi) is 6.00. The molecule has 0 fully saturated rings. The van der Waals surface area contributed by atoms with E-state index in [1.165, 1.54) is 23.0 Å². The Bertz CT molecular complexity index is 1420. The Hall–Kier alpha value is -3.98. The number of fused-ring (bicyclic) bond motifs is 1. The summed E-state index contributed by atoms with van der Waals surface area (Å²) < 4.78 is 17.0. The molecule has 4 aromatic rings. The van der Waals surface area contributed by atoms with Crippen LogP contribution in [0.1, 0.15) is 27.3 Å². The monoisotopic (exact) mass is 449 g/mol. The van der Waals surface area contributed by atoms with Gasteiger partial charge in [0.05, 0.1) is 31.4 Å². The summed E-state index contributed by atoms with van der Waals surface area (Å²) in [7, 11) is 4.49. The number of rotatable bonds is 6. The van der Waals surface area contributed by atoms with E-state index in [1.807, 2.05) is 24.3 Å². The molecule has 162 valence electrons. The number of carbonyl (C=O) groups excluding carboxylic acids is 1. The lowest BCUT2D eigenvalue weighted by atomic mass is 10.1. The van der Waals surface area contributed by atoms with Crippen LogP contribution in [0.5, 0.6) is 11.5 Å². The number of carbonyl (C=O) groups is 1. The Morgan fingerprint density at radius 1 is 0.969 bits per heavy atom. The molecule has 0 N–H and O–H groups in total. The molecule has 2 aromatic heterocycles. The van der Waals surface area contributed by atoms with E-state index >= 15 is 0 Å². The van der Waals surface area contributed by atoms with E-state index < -0.39 is 5.97 Å². The molecule has 0 saturated heterocycles. The van der Waals surface area contributed by atoms with Gasteiger partial charge in [0.2, 0.25) is 4.96 Å². The largest absolute Gasteiger partial charge is 0.493 e. The SMILES string of the molecule is COC(=O)c1ccc(C=c2sc3nc(C=Cc4ccc(OC)c(OC)c4)nn3c2=O)cc1. The van der Waals surface area contributed by atoms with Gasteiger partial charge in [-0.1, -0.05) is 35.6 Å². The molecular weight excluding hydrogens is 430 g/mol. The van der Waals surface area contributed by atoms with Gasteiger partial charge >= 0.3 is 5.97 Å². The fourth-order valence-corrected chi connectivity index (χ4v) is 3.95. The van der Waals surface area contributed by atoms with Gasteiger partial charge in [-0.25, -0.2) is 4.79 Å². The van der Waals surface area contributed by atoms with Crippen LogP contribution < -0.4 is 19.6 Å². The molecule has 0 unspecified atom stereocenters. The normalized spacial score (nSPS) is 11.9. The fraction of sp³-hybridized carbons (Fsp3) is 0.130. The highest BCUT2D eigenvalue weighted by atomic mass is 32.1. The van der Waals surface area contributed by atoms with Crippen LogP contribution in [0, 0.1) is 0 Å². The molecule has 2 heterocycles. The fourth-order valence-electron chi connectivity index (χ4n) is 3.03. The van der Waals surface area contributed by atoms with Crippen molar-refractivity contribution < 1.29 is 19.0 Å². The third-order valence-corrected chi connectivity index (χ3v) is 5.62. The van der Waals surface area contributed by atoms with Gasteiger partial charge in [-0.05, 0) is 47.5 Å². The number of thiazole rings is 1. The zero-order chi connectivity index (χ0) is 22.7. The first-order valence-corrected chi connectivity index (χ1v) is 10.3. The van der Waals surface area contributed by atoms with Gasteiger partial charge in [0.1, 0.15) is 0 Å². The average molecular weight is 449 g/mol. The maximum Gasteiger partial charge on any atom is 0.337 e. The lowest BCUT2D eigenvalue weighted by molar-refractivity contribution is 0.0600. The summed E-state index contributed by atoms with van der Waals surface area (Å²) in [6.07, 6.45) is 5.31. The third kappa shape index (κ3) is 4.23. The molecule has 2 aromatic carbocycles. The van der Waals surface area contributed by atoms with Crippen LogP contribution in [0.2, 0.25) is 0 Å². The number of hydrogen-bond acceptors (Lipinski definition) is 8. The van der Waals surface area contributed by atoms with E-state index in [2.05, 4.69) is 14.8 Å². The minimum absolute atomic E-state index is 0.250. The smallest absolute Gasteiger partial charge is 0.337 e. The van der Waals surface area contributed by atoms with Crippen LogP contribution in [0.3, 0.4) is 0 Å². The standard InChI is InChI=1S/C23H19N3O5S/c1-29-17-10-6-14(12-18(17)30-2)7-11-20-24-23-26(25-20)21(27)19(32-23)13-15-4-8-16(9-5-15)22(28)31-3/h4-13H,1-3H3. The van der Waals surface area contributed by atoms with Crippen LogP contribution in [-0.2, 0) is 4.74 Å². The van der Waals surface area contributed by atoms with E-state index in [-0.39, 0.29) is 5.56 Å². The number of hydrogen-bond donors (Lipinski definition) is 0. The Morgan fingerprint density at radius 3 is 2.34 bits per heavy atom. The van der Waals surface area contributed by atoms with Gasteiger partial charge in [0, 0.05) is 0 Å². The van der Waals surface area contributed by atoms with Crippen molar-refractivity contribution in [3.63, 3.8) is 0 Å². The molecule has 0 amide bonds. The number of benzene rings is 2. The predicted octanol–water partition coefficient (Wildman–Crippen LogP) is 2.67. The second kappa shape index (κ2) is 9.03. The first kappa shape index (κ1) is 21.3. The highest BCUT2D eigenvalue weighted by molar-refractivity contribution is 7.15. The molecule has 8 nitrogen and oxygen atoms in total. The molecule has 0 bridgehead atoms. The van der Waals surface area contributed by atoms with Crippen molar-refractivity contribution in [2.45, 2.75) is 0 Å². The molecule has 32 heavy (non-hydrogen) atoms. The lowest BCUT2D eigenvalue weighted by Crippen LogP contribution is -2.23. The van der Waals surface area contributed by atoms with Crippen LogP contribution >= 0.6 is 11.3 Å². The highest BCUT2D eigenvalue weighted by Gasteiger charge is 2.10. The summed E-state index contributed by atoms with van der Waals surface area (Å²) in [4.78, 5) is 29.2. The molecule has 0 atom stereocenters. The second-order valence-electron chi connectivity index (χ2n) is 6.64. The van der Waals surface area contributed by atoms with Crippen molar-refractivity contribution >= 4 is 40.5 Å². The van der Waals surface area contributed by atoms with Crippen LogP contribution in [0.15, 0.2) is 47.3 Å². The van der Waals surface area contributed by atoms with Crippen molar-refractivity contribution in [2.75, 3.05) is 21.3 Å². The number of aromatic nitrogens is 3. The third-order valence-electron chi connectivity index (χ3n) is 4.66. The van der Waals surface area contributed by atoms with Gasteiger partial charge < -0.3 is 14.2 Å². The molecule has 0 spiro atoms. The van der Waals surface area contributed by atoms with Crippen molar-refractivity contribution in [1.29, 1.82) is 0 Å². The highest BCUT2D eigenvalue weighted by Crippen LogP contribution is 2.28. The van der Waals surface area contributed by atoms with E-state index in [4.69, 9.17) is 9.47 Å². The maximum absolute atomic E-state index is 12.7. The molecule has 0 saturated carbocycles. The van der Waals surface area contributed by atoms with E-state index in [9.17, 15) is 9.59 Å². The summed E-state index contributed by atoms with van der Waals surface area (Å²) in [5.41, 5.74) is 1.86. The van der Waals surface area contributed by atoms with Crippen LogP contribution in [0.25, 0.3) is 23.2 Å². The first-order valence-electron chi connectivity index (χ1n) is 9.52. The molecule has 9 heteroatoms. The summed E-state index contributed by atoms with van der Waals surface area (Å²) >= 11 is 1.25. The first-order chi connectivity index (χ1) is 15.5. The Morgan fingerprint density at radius 2 is 1.69 bits per heavy atom. The number of esters is 1. The summed E-state index contributed by atoms with van der Waals surface area (Å²) in [5.74, 6) is 1.28. The van der Waals surface area contributed by atoms with Gasteiger partial charge in [0.25, 0.3) is 5.56 Å².